The van der Waals surface area contributed by atoms with Crippen LogP contribution in [0.4, 0.5) is 0 Å². The van der Waals surface area contributed by atoms with Crippen molar-refractivity contribution in [3.8, 4) is 0 Å². The predicted molar refractivity (Wildman–Crippen MR) is 70.6 cm³/mol. The van der Waals surface area contributed by atoms with Crippen molar-refractivity contribution in [2.24, 2.45) is 5.92 Å². The number of thiophene rings is 1. The molecule has 0 aromatic carbocycles. The van der Waals surface area contributed by atoms with Gasteiger partial charge in [-0.05, 0) is 32.0 Å². The summed E-state index contributed by atoms with van der Waals surface area (Å²) in [6.45, 7) is 7.16. The van der Waals surface area contributed by atoms with Gasteiger partial charge in [-0.1, -0.05) is 25.4 Å². The molecule has 0 radical (unpaired) electrons. The Kier molecular flexibility index (Phi) is 4.96. The molecule has 90 valence electrons. The van der Waals surface area contributed by atoms with Crippen molar-refractivity contribution in [2.45, 2.75) is 26.8 Å². The number of halogens is 1. The molecule has 0 saturated carbocycles. The van der Waals surface area contributed by atoms with Gasteiger partial charge < -0.3 is 0 Å². The number of ketones is 1. The quantitative estimate of drug-likeness (QED) is 0.754. The van der Waals surface area contributed by atoms with Gasteiger partial charge in [-0.2, -0.15) is 0 Å². The van der Waals surface area contributed by atoms with Crippen molar-refractivity contribution in [1.29, 1.82) is 0 Å². The lowest BCUT2D eigenvalue weighted by Crippen LogP contribution is -2.37. The third-order valence-corrected chi connectivity index (χ3v) is 3.76. The smallest absolute Gasteiger partial charge is 0.189 e. The molecule has 1 heterocycles. The molecule has 2 nitrogen and oxygen atoms in total. The molecule has 0 aliphatic rings. The summed E-state index contributed by atoms with van der Waals surface area (Å²) in [5, 5.41) is 0. The van der Waals surface area contributed by atoms with E-state index in [-0.39, 0.29) is 11.8 Å². The van der Waals surface area contributed by atoms with Crippen LogP contribution in [-0.2, 0) is 0 Å². The summed E-state index contributed by atoms with van der Waals surface area (Å²) in [6.07, 6.45) is 0. The summed E-state index contributed by atoms with van der Waals surface area (Å²) in [5.74, 6) is 0.715. The summed E-state index contributed by atoms with van der Waals surface area (Å²) in [4.78, 5) is 14.9. The van der Waals surface area contributed by atoms with Gasteiger partial charge in [0.05, 0.1) is 15.3 Å². The zero-order valence-electron chi connectivity index (χ0n) is 10.2. The van der Waals surface area contributed by atoms with Gasteiger partial charge in [0.25, 0.3) is 0 Å². The van der Waals surface area contributed by atoms with Crippen LogP contribution in [0, 0.1) is 5.92 Å². The van der Waals surface area contributed by atoms with E-state index in [4.69, 9.17) is 11.6 Å². The maximum atomic E-state index is 12.1. The number of carbonyl (C=O) groups is 1. The molecule has 0 amide bonds. The van der Waals surface area contributed by atoms with Crippen molar-refractivity contribution in [2.75, 3.05) is 13.6 Å². The lowest BCUT2D eigenvalue weighted by atomic mass is 10.1. The third-order valence-electron chi connectivity index (χ3n) is 2.51. The minimum atomic E-state index is -0.0860. The molecule has 1 aromatic rings. The molecule has 1 rings (SSSR count). The first-order valence-electron chi connectivity index (χ1n) is 5.41. The fourth-order valence-electron chi connectivity index (χ4n) is 1.59. The van der Waals surface area contributed by atoms with Crippen molar-refractivity contribution in [3.63, 3.8) is 0 Å². The highest BCUT2D eigenvalue weighted by molar-refractivity contribution is 7.18. The Morgan fingerprint density at radius 3 is 2.50 bits per heavy atom. The summed E-state index contributed by atoms with van der Waals surface area (Å²) in [5.41, 5.74) is 0. The number of rotatable bonds is 5. The van der Waals surface area contributed by atoms with E-state index in [9.17, 15) is 4.79 Å². The lowest BCUT2D eigenvalue weighted by molar-refractivity contribution is 0.0862. The number of Topliss-reactive ketones (excluding diaryl/α,β-unsaturated/α-hetero) is 1. The first-order valence-corrected chi connectivity index (χ1v) is 6.61. The fraction of sp³-hybridized carbons (Fsp3) is 0.583. The first-order chi connectivity index (χ1) is 7.41. The van der Waals surface area contributed by atoms with Crippen LogP contribution in [0.25, 0.3) is 0 Å². The summed E-state index contributed by atoms with van der Waals surface area (Å²) in [7, 11) is 1.98. The van der Waals surface area contributed by atoms with Crippen LogP contribution in [0.3, 0.4) is 0 Å². The van der Waals surface area contributed by atoms with Crippen molar-refractivity contribution >= 4 is 28.7 Å². The van der Waals surface area contributed by atoms with Gasteiger partial charge in [0, 0.05) is 6.54 Å². The van der Waals surface area contributed by atoms with Crippen LogP contribution in [0.1, 0.15) is 30.4 Å². The highest BCUT2D eigenvalue weighted by Crippen LogP contribution is 2.23. The number of likely N-dealkylation sites (N-methyl/N-ethyl adjacent to an activating group) is 1. The van der Waals surface area contributed by atoms with Crippen LogP contribution in [0.2, 0.25) is 4.34 Å². The van der Waals surface area contributed by atoms with Gasteiger partial charge in [-0.3, -0.25) is 9.69 Å². The van der Waals surface area contributed by atoms with Gasteiger partial charge in [-0.25, -0.2) is 0 Å². The van der Waals surface area contributed by atoms with Crippen LogP contribution in [0.5, 0.6) is 0 Å². The molecule has 0 spiro atoms. The van der Waals surface area contributed by atoms with Gasteiger partial charge in [0.2, 0.25) is 0 Å². The second-order valence-electron chi connectivity index (χ2n) is 4.48. The molecule has 1 atom stereocenters. The average Bonchev–Trinajstić information content (AvgIpc) is 2.61. The molecular formula is C12H18ClNOS. The molecule has 0 saturated heterocycles. The molecule has 16 heavy (non-hydrogen) atoms. The van der Waals surface area contributed by atoms with Crippen LogP contribution in [-0.4, -0.2) is 30.3 Å². The standard InChI is InChI=1S/C12H18ClNOS/c1-8(2)7-14(4)9(3)12(15)10-5-6-11(13)16-10/h5-6,8-9H,7H2,1-4H3. The van der Waals surface area contributed by atoms with Crippen molar-refractivity contribution in [3.05, 3.63) is 21.3 Å². The van der Waals surface area contributed by atoms with E-state index in [1.54, 1.807) is 12.1 Å². The zero-order chi connectivity index (χ0) is 12.3. The Morgan fingerprint density at radius 2 is 2.06 bits per heavy atom. The number of hydrogen-bond donors (Lipinski definition) is 0. The Bertz CT molecular complexity index is 362. The summed E-state index contributed by atoms with van der Waals surface area (Å²) >= 11 is 7.18. The summed E-state index contributed by atoms with van der Waals surface area (Å²) < 4.78 is 0.669. The highest BCUT2D eigenvalue weighted by Gasteiger charge is 2.21. The van der Waals surface area contributed by atoms with Gasteiger partial charge in [-0.15, -0.1) is 11.3 Å². The second-order valence-corrected chi connectivity index (χ2v) is 6.19. The number of hydrogen-bond acceptors (Lipinski definition) is 3. The Labute approximate surface area is 106 Å². The van der Waals surface area contributed by atoms with Crippen LogP contribution < -0.4 is 0 Å². The summed E-state index contributed by atoms with van der Waals surface area (Å²) in [6, 6.07) is 3.49. The van der Waals surface area contributed by atoms with Gasteiger partial charge in [0.15, 0.2) is 5.78 Å². The topological polar surface area (TPSA) is 20.3 Å². The number of nitrogens with zero attached hydrogens (tertiary/aromatic N) is 1. The Hall–Kier alpha value is -0.380. The Balaban J connectivity index is 2.67. The zero-order valence-corrected chi connectivity index (χ0v) is 11.7. The van der Waals surface area contributed by atoms with E-state index in [2.05, 4.69) is 18.7 Å². The largest absolute Gasteiger partial charge is 0.296 e. The highest BCUT2D eigenvalue weighted by atomic mass is 35.5. The lowest BCUT2D eigenvalue weighted by Gasteiger charge is -2.24. The van der Waals surface area contributed by atoms with E-state index < -0.39 is 0 Å². The first kappa shape index (κ1) is 13.7. The molecule has 0 aliphatic heterocycles. The molecule has 1 unspecified atom stereocenters. The maximum Gasteiger partial charge on any atom is 0.189 e. The Morgan fingerprint density at radius 1 is 1.44 bits per heavy atom. The SMILES string of the molecule is CC(C)CN(C)C(C)C(=O)c1ccc(Cl)s1. The van der Waals surface area contributed by atoms with Crippen molar-refractivity contribution in [1.82, 2.24) is 4.90 Å². The molecule has 0 fully saturated rings. The van der Waals surface area contributed by atoms with Gasteiger partial charge in [0.1, 0.15) is 0 Å². The van der Waals surface area contributed by atoms with E-state index in [0.717, 1.165) is 11.4 Å². The number of carbonyl (C=O) groups excluding carboxylic acids is 1. The van der Waals surface area contributed by atoms with E-state index in [0.29, 0.717) is 10.3 Å². The average molecular weight is 260 g/mol. The fourth-order valence-corrected chi connectivity index (χ4v) is 2.65. The maximum absolute atomic E-state index is 12.1. The predicted octanol–water partition coefficient (Wildman–Crippen LogP) is 3.56. The molecule has 0 aliphatic carbocycles. The molecule has 0 bridgehead atoms. The normalized spacial score (nSPS) is 13.4. The van der Waals surface area contributed by atoms with Crippen molar-refractivity contribution < 1.29 is 4.79 Å². The van der Waals surface area contributed by atoms with E-state index >= 15 is 0 Å². The van der Waals surface area contributed by atoms with E-state index in [1.807, 2.05) is 14.0 Å². The molecule has 0 N–H and O–H groups in total. The molecule has 1 aromatic heterocycles. The van der Waals surface area contributed by atoms with Crippen LogP contribution >= 0.6 is 22.9 Å². The monoisotopic (exact) mass is 259 g/mol. The minimum absolute atomic E-state index is 0.0860. The third kappa shape index (κ3) is 3.58. The van der Waals surface area contributed by atoms with Gasteiger partial charge >= 0.3 is 0 Å². The molecule has 4 heteroatoms. The molecular weight excluding hydrogens is 242 g/mol. The minimum Gasteiger partial charge on any atom is -0.296 e. The van der Waals surface area contributed by atoms with E-state index in [1.165, 1.54) is 11.3 Å². The van der Waals surface area contributed by atoms with Crippen LogP contribution in [0.15, 0.2) is 12.1 Å². The second kappa shape index (κ2) is 5.80.